The summed E-state index contributed by atoms with van der Waals surface area (Å²) in [5.41, 5.74) is 0. The molecule has 2 rings (SSSR count). The van der Waals surface area contributed by atoms with E-state index >= 15 is 0 Å². The average molecular weight is 156 g/mol. The standard InChI is InChI=1S/C7H14N2.C2H6/c1-2-8-3-6(1)7-4-9-5-7;1-2/h6-9H,1-5H2;1-2H3. The van der Waals surface area contributed by atoms with E-state index in [1.807, 2.05) is 13.8 Å². The van der Waals surface area contributed by atoms with Gasteiger partial charge in [-0.1, -0.05) is 13.8 Å². The van der Waals surface area contributed by atoms with Gasteiger partial charge in [-0.05, 0) is 44.4 Å². The highest BCUT2D eigenvalue weighted by molar-refractivity contribution is 4.85. The van der Waals surface area contributed by atoms with Crippen molar-refractivity contribution >= 4 is 0 Å². The molecule has 2 nitrogen and oxygen atoms in total. The van der Waals surface area contributed by atoms with Crippen LogP contribution in [-0.4, -0.2) is 26.2 Å². The Bertz CT molecular complexity index is 93.7. The van der Waals surface area contributed by atoms with Crippen molar-refractivity contribution in [2.45, 2.75) is 20.3 Å². The molecule has 2 fully saturated rings. The second kappa shape index (κ2) is 4.73. The van der Waals surface area contributed by atoms with Crippen molar-refractivity contribution in [1.29, 1.82) is 0 Å². The van der Waals surface area contributed by atoms with Crippen molar-refractivity contribution in [2.75, 3.05) is 26.2 Å². The van der Waals surface area contributed by atoms with Crippen LogP contribution in [0.3, 0.4) is 0 Å². The van der Waals surface area contributed by atoms with Crippen LogP contribution in [-0.2, 0) is 0 Å². The van der Waals surface area contributed by atoms with Gasteiger partial charge in [-0.2, -0.15) is 0 Å². The van der Waals surface area contributed by atoms with Crippen LogP contribution in [0.1, 0.15) is 20.3 Å². The molecule has 0 aliphatic carbocycles. The van der Waals surface area contributed by atoms with Gasteiger partial charge in [-0.3, -0.25) is 0 Å². The van der Waals surface area contributed by atoms with E-state index in [-0.39, 0.29) is 0 Å². The molecule has 2 saturated heterocycles. The lowest BCUT2D eigenvalue weighted by Gasteiger charge is -2.31. The minimum atomic E-state index is 0.992. The minimum absolute atomic E-state index is 0.992. The first-order valence-electron chi connectivity index (χ1n) is 4.88. The minimum Gasteiger partial charge on any atom is -0.316 e. The van der Waals surface area contributed by atoms with Gasteiger partial charge in [0.2, 0.25) is 0 Å². The van der Waals surface area contributed by atoms with E-state index in [2.05, 4.69) is 10.6 Å². The fraction of sp³-hybridized carbons (Fsp3) is 1.00. The molecule has 11 heavy (non-hydrogen) atoms. The maximum Gasteiger partial charge on any atom is -0.000511 e. The summed E-state index contributed by atoms with van der Waals surface area (Å²) in [6.07, 6.45) is 1.41. The van der Waals surface area contributed by atoms with E-state index in [4.69, 9.17) is 0 Å². The number of rotatable bonds is 1. The Morgan fingerprint density at radius 1 is 0.909 bits per heavy atom. The third kappa shape index (κ3) is 2.17. The molecule has 66 valence electrons. The van der Waals surface area contributed by atoms with Crippen LogP contribution >= 0.6 is 0 Å². The maximum atomic E-state index is 3.39. The molecule has 0 aromatic rings. The zero-order valence-electron chi connectivity index (χ0n) is 7.69. The number of nitrogens with one attached hydrogen (secondary N) is 2. The molecule has 0 amide bonds. The monoisotopic (exact) mass is 156 g/mol. The highest BCUT2D eigenvalue weighted by Crippen LogP contribution is 2.21. The first-order chi connectivity index (χ1) is 5.47. The van der Waals surface area contributed by atoms with Crippen molar-refractivity contribution < 1.29 is 0 Å². The molecule has 1 unspecified atom stereocenters. The van der Waals surface area contributed by atoms with E-state index in [0.29, 0.717) is 0 Å². The molecule has 1 atom stereocenters. The van der Waals surface area contributed by atoms with Gasteiger partial charge in [0.1, 0.15) is 0 Å². The van der Waals surface area contributed by atoms with Gasteiger partial charge in [0.05, 0.1) is 0 Å². The van der Waals surface area contributed by atoms with Gasteiger partial charge >= 0.3 is 0 Å². The molecule has 2 heteroatoms. The normalized spacial score (nSPS) is 30.5. The lowest BCUT2D eigenvalue weighted by Crippen LogP contribution is -2.46. The quantitative estimate of drug-likeness (QED) is 0.588. The van der Waals surface area contributed by atoms with Gasteiger partial charge in [-0.15, -0.1) is 0 Å². The Balaban J connectivity index is 0.000000281. The Kier molecular flexibility index (Phi) is 3.87. The molecule has 0 bridgehead atoms. The maximum absolute atomic E-state index is 3.39. The molecule has 2 heterocycles. The zero-order chi connectivity index (χ0) is 8.10. The summed E-state index contributed by atoms with van der Waals surface area (Å²) in [5, 5.41) is 6.70. The van der Waals surface area contributed by atoms with Crippen molar-refractivity contribution in [3.05, 3.63) is 0 Å². The van der Waals surface area contributed by atoms with Crippen LogP contribution in [0.4, 0.5) is 0 Å². The third-order valence-electron chi connectivity index (χ3n) is 2.58. The largest absolute Gasteiger partial charge is 0.316 e. The predicted octanol–water partition coefficient (Wildman–Crippen LogP) is 0.841. The van der Waals surface area contributed by atoms with E-state index in [9.17, 15) is 0 Å². The van der Waals surface area contributed by atoms with Crippen LogP contribution in [0.15, 0.2) is 0 Å². The van der Waals surface area contributed by atoms with Gasteiger partial charge in [-0.25, -0.2) is 0 Å². The Morgan fingerprint density at radius 2 is 1.55 bits per heavy atom. The summed E-state index contributed by atoms with van der Waals surface area (Å²) in [5.74, 6) is 1.99. The third-order valence-corrected chi connectivity index (χ3v) is 2.58. The van der Waals surface area contributed by atoms with Crippen molar-refractivity contribution in [1.82, 2.24) is 10.6 Å². The first-order valence-corrected chi connectivity index (χ1v) is 4.88. The van der Waals surface area contributed by atoms with Crippen molar-refractivity contribution in [3.8, 4) is 0 Å². The number of hydrogen-bond acceptors (Lipinski definition) is 2. The molecular weight excluding hydrogens is 136 g/mol. The van der Waals surface area contributed by atoms with Crippen molar-refractivity contribution in [2.24, 2.45) is 11.8 Å². The summed E-state index contributed by atoms with van der Waals surface area (Å²) in [6.45, 7) is 9.06. The van der Waals surface area contributed by atoms with Crippen LogP contribution in [0.25, 0.3) is 0 Å². The van der Waals surface area contributed by atoms with E-state index in [1.54, 1.807) is 0 Å². The van der Waals surface area contributed by atoms with Gasteiger partial charge in [0.15, 0.2) is 0 Å². The van der Waals surface area contributed by atoms with Crippen LogP contribution in [0, 0.1) is 11.8 Å². The fourth-order valence-electron chi connectivity index (χ4n) is 1.72. The SMILES string of the molecule is C1CC(C2CNC2)CN1.CC. The lowest BCUT2D eigenvalue weighted by atomic mass is 9.87. The lowest BCUT2D eigenvalue weighted by molar-refractivity contribution is 0.248. The summed E-state index contributed by atoms with van der Waals surface area (Å²) >= 11 is 0. The second-order valence-corrected chi connectivity index (χ2v) is 3.17. The van der Waals surface area contributed by atoms with Crippen LogP contribution < -0.4 is 10.6 Å². The molecule has 0 spiro atoms. The molecule has 0 radical (unpaired) electrons. The average Bonchev–Trinajstić information content (AvgIpc) is 2.41. The Labute approximate surface area is 69.8 Å². The van der Waals surface area contributed by atoms with E-state index in [0.717, 1.165) is 11.8 Å². The first kappa shape index (κ1) is 9.01. The van der Waals surface area contributed by atoms with Gasteiger partial charge in [0, 0.05) is 0 Å². The smallest absolute Gasteiger partial charge is 0.000511 e. The predicted molar refractivity (Wildman–Crippen MR) is 48.7 cm³/mol. The highest BCUT2D eigenvalue weighted by atomic mass is 15.0. The van der Waals surface area contributed by atoms with Crippen LogP contribution in [0.2, 0.25) is 0 Å². The molecule has 2 aliphatic heterocycles. The van der Waals surface area contributed by atoms with Gasteiger partial charge in [0.25, 0.3) is 0 Å². The summed E-state index contributed by atoms with van der Waals surface area (Å²) in [7, 11) is 0. The Hall–Kier alpha value is -0.0800. The molecule has 0 aromatic heterocycles. The fourth-order valence-corrected chi connectivity index (χ4v) is 1.72. The summed E-state index contributed by atoms with van der Waals surface area (Å²) in [6, 6.07) is 0. The number of hydrogen-bond donors (Lipinski definition) is 2. The van der Waals surface area contributed by atoms with Crippen LogP contribution in [0.5, 0.6) is 0 Å². The van der Waals surface area contributed by atoms with E-state index in [1.165, 1.54) is 32.6 Å². The molecule has 0 aromatic carbocycles. The zero-order valence-corrected chi connectivity index (χ0v) is 7.69. The van der Waals surface area contributed by atoms with Gasteiger partial charge < -0.3 is 10.6 Å². The topological polar surface area (TPSA) is 24.1 Å². The molecule has 2 aliphatic rings. The second-order valence-electron chi connectivity index (χ2n) is 3.17. The van der Waals surface area contributed by atoms with Crippen molar-refractivity contribution in [3.63, 3.8) is 0 Å². The molecule has 0 saturated carbocycles. The van der Waals surface area contributed by atoms with E-state index < -0.39 is 0 Å². The summed E-state index contributed by atoms with van der Waals surface area (Å²) in [4.78, 5) is 0. The summed E-state index contributed by atoms with van der Waals surface area (Å²) < 4.78 is 0. The Morgan fingerprint density at radius 3 is 1.91 bits per heavy atom. The molecule has 2 N–H and O–H groups in total. The highest BCUT2D eigenvalue weighted by Gasteiger charge is 2.28. The molecular formula is C9H20N2.